The first-order valence-electron chi connectivity index (χ1n) is 14.6. The third-order valence-corrected chi connectivity index (χ3v) is 8.30. The topological polar surface area (TPSA) is 104 Å². The summed E-state index contributed by atoms with van der Waals surface area (Å²) in [5.41, 5.74) is 3.31. The highest BCUT2D eigenvalue weighted by Gasteiger charge is 2.26. The zero-order chi connectivity index (χ0) is 29.6. The Morgan fingerprint density at radius 3 is 1.77 bits per heavy atom. The average Bonchev–Trinajstić information content (AvgIpc) is 3.58. The van der Waals surface area contributed by atoms with Gasteiger partial charge in [-0.25, -0.2) is 23.9 Å². The maximum Gasteiger partial charge on any atom is 0.285 e. The molecule has 2 fully saturated rings. The number of aromatic nitrogens is 2. The van der Waals surface area contributed by atoms with E-state index >= 15 is 0 Å². The summed E-state index contributed by atoms with van der Waals surface area (Å²) in [6.45, 7) is 3.65. The van der Waals surface area contributed by atoms with Crippen molar-refractivity contribution < 1.29 is 26.0 Å². The molecule has 6 rings (SSSR count). The normalized spacial score (nSPS) is 16.6. The second kappa shape index (κ2) is 14.9. The van der Waals surface area contributed by atoms with Crippen LogP contribution in [0.4, 0.5) is 8.78 Å². The molecule has 7 nitrogen and oxygen atoms in total. The molecule has 4 aromatic rings. The Bertz CT molecular complexity index is 1520. The molecule has 2 saturated carbocycles. The number of halogens is 2. The minimum Gasteiger partial charge on any atom is -0.441 e. The molecule has 2 aromatic carbocycles. The lowest BCUT2D eigenvalue weighted by Gasteiger charge is -2.20. The van der Waals surface area contributed by atoms with Gasteiger partial charge in [0.15, 0.2) is 34.9 Å². The number of nitrogens with zero attached hydrogens (tertiary/aromatic N) is 2. The molecule has 2 heterocycles. The lowest BCUT2D eigenvalue weighted by Crippen LogP contribution is -2.10. The Balaban J connectivity index is 0.000000195. The van der Waals surface area contributed by atoms with Crippen LogP contribution in [-0.4, -0.2) is 14.2 Å². The Hall–Kier alpha value is -3.37. The van der Waals surface area contributed by atoms with Crippen molar-refractivity contribution in [2.24, 2.45) is 5.14 Å². The second-order valence-electron chi connectivity index (χ2n) is 11.1. The third-order valence-electron chi connectivity index (χ3n) is 7.96. The summed E-state index contributed by atoms with van der Waals surface area (Å²) in [5.74, 6) is 2.40. The van der Waals surface area contributed by atoms with Crippen LogP contribution in [0, 0.1) is 25.5 Å². The van der Waals surface area contributed by atoms with Gasteiger partial charge in [0.25, 0.3) is 11.3 Å². The number of oxazole rings is 2. The molecular weight excluding hydrogens is 572 g/mol. The monoisotopic (exact) mass is 613 g/mol. The number of rotatable bonds is 6. The zero-order valence-electron chi connectivity index (χ0n) is 24.0. The lowest BCUT2D eigenvalue weighted by molar-refractivity contribution is 0.436. The number of nitrogens with two attached hydrogens (primary N) is 1. The molecule has 0 bridgehead atoms. The van der Waals surface area contributed by atoms with Crippen LogP contribution in [0.25, 0.3) is 22.6 Å². The Kier molecular flexibility index (Phi) is 11.3. The summed E-state index contributed by atoms with van der Waals surface area (Å²) in [7, 11) is 0. The minimum absolute atomic E-state index is 0. The number of aryl methyl sites for hydroxylation is 2. The Morgan fingerprint density at radius 1 is 0.791 bits per heavy atom. The molecule has 1 unspecified atom stereocenters. The first-order chi connectivity index (χ1) is 20.3. The molecule has 43 heavy (non-hydrogen) atoms. The van der Waals surface area contributed by atoms with Gasteiger partial charge in [-0.2, -0.15) is 4.21 Å². The van der Waals surface area contributed by atoms with Gasteiger partial charge in [-0.05, 0) is 56.0 Å². The summed E-state index contributed by atoms with van der Waals surface area (Å²) >= 11 is -2.06. The molecule has 0 amide bonds. The van der Waals surface area contributed by atoms with E-state index in [0.29, 0.717) is 34.9 Å². The van der Waals surface area contributed by atoms with E-state index in [1.54, 1.807) is 19.1 Å². The van der Waals surface area contributed by atoms with Gasteiger partial charge in [0.1, 0.15) is 5.82 Å². The van der Waals surface area contributed by atoms with Gasteiger partial charge in [0.2, 0.25) is 0 Å². The Morgan fingerprint density at radius 2 is 1.30 bits per heavy atom. The average molecular weight is 614 g/mol. The summed E-state index contributed by atoms with van der Waals surface area (Å²) < 4.78 is 54.5. The van der Waals surface area contributed by atoms with Crippen molar-refractivity contribution in [1.29, 1.82) is 0 Å². The van der Waals surface area contributed by atoms with Crippen molar-refractivity contribution in [3.05, 3.63) is 77.3 Å². The van der Waals surface area contributed by atoms with Crippen molar-refractivity contribution in [1.82, 2.24) is 9.97 Å². The molecule has 0 saturated heterocycles. The van der Waals surface area contributed by atoms with E-state index in [4.69, 9.17) is 18.2 Å². The first kappa shape index (κ1) is 32.5. The fourth-order valence-corrected chi connectivity index (χ4v) is 6.35. The van der Waals surface area contributed by atoms with Crippen LogP contribution in [0.2, 0.25) is 0 Å². The quantitative estimate of drug-likeness (QED) is 0.232. The van der Waals surface area contributed by atoms with Crippen molar-refractivity contribution in [2.45, 2.75) is 97.3 Å². The van der Waals surface area contributed by atoms with Gasteiger partial charge in [0, 0.05) is 36.8 Å². The third kappa shape index (κ3) is 8.17. The smallest absolute Gasteiger partial charge is 0.285 e. The van der Waals surface area contributed by atoms with E-state index in [-0.39, 0.29) is 19.0 Å². The van der Waals surface area contributed by atoms with E-state index in [2.05, 4.69) is 9.97 Å². The van der Waals surface area contributed by atoms with Crippen LogP contribution < -0.4 is 9.32 Å². The van der Waals surface area contributed by atoms with Crippen LogP contribution in [0.5, 0.6) is 5.75 Å². The van der Waals surface area contributed by atoms with E-state index in [0.717, 1.165) is 48.4 Å². The molecule has 2 aliphatic carbocycles. The van der Waals surface area contributed by atoms with Gasteiger partial charge in [0.05, 0.1) is 11.4 Å². The SMILES string of the molecule is C.Cc1nc(C2CCCCC2)c(-c2ccc(OS(N)=O)c(F)c2)o1.Cc1nc(C2CCCCC2)c(-c2cccc(F)c2)o1. The second-order valence-corrected chi connectivity index (χ2v) is 11.8. The molecule has 232 valence electrons. The van der Waals surface area contributed by atoms with Gasteiger partial charge >= 0.3 is 0 Å². The van der Waals surface area contributed by atoms with E-state index < -0.39 is 17.1 Å². The molecule has 0 spiro atoms. The van der Waals surface area contributed by atoms with Crippen LogP contribution in [-0.2, 0) is 11.3 Å². The Labute approximate surface area is 255 Å². The predicted molar refractivity (Wildman–Crippen MR) is 165 cm³/mol. The lowest BCUT2D eigenvalue weighted by atomic mass is 9.85. The molecule has 1 atom stereocenters. The summed E-state index contributed by atoms with van der Waals surface area (Å²) in [5, 5.41) is 5.02. The van der Waals surface area contributed by atoms with Crippen LogP contribution >= 0.6 is 0 Å². The maximum absolute atomic E-state index is 14.1. The standard InChI is InChI=1S/C16H19FN2O3S.C16H18FNO.CH4/c1-10-19-15(11-5-3-2-4-6-11)16(21-10)12-7-8-14(13(17)9-12)22-23(18)20;1-11-18-15(12-6-3-2-4-7-12)16(19-11)13-8-5-9-14(17)10-13;/h7-9,11H,2-6,18H2,1H3;5,8-10,12H,2-4,6-7H2,1H3;1H4. The van der Waals surface area contributed by atoms with Crippen molar-refractivity contribution in [3.63, 3.8) is 0 Å². The molecule has 2 aliphatic rings. The van der Waals surface area contributed by atoms with Crippen LogP contribution in [0.3, 0.4) is 0 Å². The molecule has 0 aliphatic heterocycles. The highest BCUT2D eigenvalue weighted by Crippen LogP contribution is 2.40. The molecule has 2 N–H and O–H groups in total. The van der Waals surface area contributed by atoms with Gasteiger partial charge in [-0.1, -0.05) is 58.1 Å². The largest absolute Gasteiger partial charge is 0.441 e. The fraction of sp³-hybridized carbons (Fsp3) is 0.455. The number of benzene rings is 2. The highest BCUT2D eigenvalue weighted by atomic mass is 32.2. The molecule has 2 aromatic heterocycles. The van der Waals surface area contributed by atoms with Crippen molar-refractivity contribution in [2.75, 3.05) is 0 Å². The molecular formula is C33H41F2N3O4S. The van der Waals surface area contributed by atoms with Gasteiger partial charge in [-0.3, -0.25) is 0 Å². The van der Waals surface area contributed by atoms with Gasteiger partial charge < -0.3 is 13.0 Å². The van der Waals surface area contributed by atoms with E-state index in [9.17, 15) is 13.0 Å². The van der Waals surface area contributed by atoms with Gasteiger partial charge in [-0.15, -0.1) is 0 Å². The van der Waals surface area contributed by atoms with Crippen LogP contribution in [0.1, 0.15) is 107 Å². The predicted octanol–water partition coefficient (Wildman–Crippen LogP) is 9.23. The highest BCUT2D eigenvalue weighted by molar-refractivity contribution is 7.78. The summed E-state index contributed by atoms with van der Waals surface area (Å²) in [6, 6.07) is 10.9. The number of hydrogen-bond donors (Lipinski definition) is 1. The van der Waals surface area contributed by atoms with Crippen molar-refractivity contribution in [3.8, 4) is 28.4 Å². The molecule has 0 radical (unpaired) electrons. The summed E-state index contributed by atoms with van der Waals surface area (Å²) in [6.07, 6.45) is 11.9. The molecule has 10 heteroatoms. The maximum atomic E-state index is 14.1. The fourth-order valence-electron chi connectivity index (χ4n) is 6.03. The van der Waals surface area contributed by atoms with Crippen LogP contribution in [0.15, 0.2) is 51.3 Å². The summed E-state index contributed by atoms with van der Waals surface area (Å²) in [4.78, 5) is 9.07. The van der Waals surface area contributed by atoms with E-state index in [1.165, 1.54) is 62.8 Å². The number of hydrogen-bond acceptors (Lipinski definition) is 6. The van der Waals surface area contributed by atoms with Crippen molar-refractivity contribution >= 4 is 11.3 Å². The zero-order valence-corrected chi connectivity index (χ0v) is 24.9. The van der Waals surface area contributed by atoms with E-state index in [1.807, 2.05) is 13.0 Å². The first-order valence-corrected chi connectivity index (χ1v) is 15.8. The minimum atomic E-state index is -2.06.